The lowest BCUT2D eigenvalue weighted by Crippen LogP contribution is -2.44. The van der Waals surface area contributed by atoms with Gasteiger partial charge in [-0.3, -0.25) is 4.79 Å². The summed E-state index contributed by atoms with van der Waals surface area (Å²) in [7, 11) is 0. The lowest BCUT2D eigenvalue weighted by molar-refractivity contribution is 0.0931. The molecule has 158 valence electrons. The fourth-order valence-corrected chi connectivity index (χ4v) is 5.04. The SMILES string of the molecule is Cc1ccc(-n2nc(C)c3sc(N4CCC(NC(=O)c5ccccc5)CC4)nc32)cc1. The summed E-state index contributed by atoms with van der Waals surface area (Å²) < 4.78 is 3.08. The molecule has 2 aromatic carbocycles. The third-order valence-electron chi connectivity index (χ3n) is 5.79. The quantitative estimate of drug-likeness (QED) is 0.517. The van der Waals surface area contributed by atoms with Gasteiger partial charge in [-0.15, -0.1) is 0 Å². The molecule has 0 atom stereocenters. The number of rotatable bonds is 4. The molecule has 0 aliphatic carbocycles. The molecule has 1 aliphatic heterocycles. The first-order chi connectivity index (χ1) is 15.1. The van der Waals surface area contributed by atoms with Crippen molar-refractivity contribution >= 4 is 32.7 Å². The summed E-state index contributed by atoms with van der Waals surface area (Å²) in [6, 6.07) is 18.0. The second-order valence-electron chi connectivity index (χ2n) is 8.08. The lowest BCUT2D eigenvalue weighted by Gasteiger charge is -2.32. The summed E-state index contributed by atoms with van der Waals surface area (Å²) in [4.78, 5) is 19.7. The molecular formula is C24H25N5OS. The highest BCUT2D eigenvalue weighted by molar-refractivity contribution is 7.22. The van der Waals surface area contributed by atoms with Gasteiger partial charge >= 0.3 is 0 Å². The smallest absolute Gasteiger partial charge is 0.251 e. The second kappa shape index (κ2) is 8.15. The first kappa shape index (κ1) is 19.8. The number of aryl methyl sites for hydroxylation is 2. The number of piperidine rings is 1. The van der Waals surface area contributed by atoms with Crippen molar-refractivity contribution in [1.29, 1.82) is 0 Å². The van der Waals surface area contributed by atoms with Crippen LogP contribution in [0, 0.1) is 13.8 Å². The Morgan fingerprint density at radius 1 is 1.03 bits per heavy atom. The van der Waals surface area contributed by atoms with Gasteiger partial charge in [-0.25, -0.2) is 4.68 Å². The van der Waals surface area contributed by atoms with Gasteiger partial charge in [-0.05, 0) is 51.0 Å². The summed E-state index contributed by atoms with van der Waals surface area (Å²) in [5, 5.41) is 8.92. The van der Waals surface area contributed by atoms with E-state index in [1.807, 2.05) is 41.9 Å². The van der Waals surface area contributed by atoms with E-state index in [0.717, 1.165) is 52.8 Å². The highest BCUT2D eigenvalue weighted by Crippen LogP contribution is 2.33. The van der Waals surface area contributed by atoms with Crippen LogP contribution in [0.3, 0.4) is 0 Å². The van der Waals surface area contributed by atoms with Gasteiger partial charge in [0.1, 0.15) is 0 Å². The molecule has 1 saturated heterocycles. The molecule has 0 bridgehead atoms. The molecule has 7 heteroatoms. The first-order valence-corrected chi connectivity index (χ1v) is 11.4. The monoisotopic (exact) mass is 431 g/mol. The van der Waals surface area contributed by atoms with Gasteiger partial charge in [-0.1, -0.05) is 47.2 Å². The molecule has 6 nitrogen and oxygen atoms in total. The van der Waals surface area contributed by atoms with E-state index < -0.39 is 0 Å². The molecule has 1 aliphatic rings. The molecule has 0 saturated carbocycles. The van der Waals surface area contributed by atoms with E-state index in [9.17, 15) is 4.79 Å². The van der Waals surface area contributed by atoms with Crippen LogP contribution < -0.4 is 10.2 Å². The van der Waals surface area contributed by atoms with E-state index in [1.54, 1.807) is 11.3 Å². The van der Waals surface area contributed by atoms with E-state index in [4.69, 9.17) is 10.1 Å². The normalized spacial score (nSPS) is 14.8. The van der Waals surface area contributed by atoms with Gasteiger partial charge in [0, 0.05) is 24.7 Å². The van der Waals surface area contributed by atoms with Crippen LogP contribution in [0.2, 0.25) is 0 Å². The van der Waals surface area contributed by atoms with Crippen molar-refractivity contribution in [1.82, 2.24) is 20.1 Å². The Labute approximate surface area is 185 Å². The Hall–Kier alpha value is -3.19. The third-order valence-corrected chi connectivity index (χ3v) is 7.01. The van der Waals surface area contributed by atoms with Crippen molar-refractivity contribution in [2.75, 3.05) is 18.0 Å². The van der Waals surface area contributed by atoms with Crippen LogP contribution in [0.15, 0.2) is 54.6 Å². The predicted molar refractivity (Wildman–Crippen MR) is 125 cm³/mol. The van der Waals surface area contributed by atoms with E-state index in [0.29, 0.717) is 5.56 Å². The van der Waals surface area contributed by atoms with Crippen molar-refractivity contribution in [3.8, 4) is 5.69 Å². The Bertz CT molecular complexity index is 1200. The molecule has 1 N–H and O–H groups in total. The molecule has 1 amide bonds. The summed E-state index contributed by atoms with van der Waals surface area (Å²) >= 11 is 1.71. The molecule has 3 heterocycles. The van der Waals surface area contributed by atoms with Gasteiger partial charge in [0.25, 0.3) is 5.91 Å². The summed E-state index contributed by atoms with van der Waals surface area (Å²) in [5.74, 6) is 0.00727. The average Bonchev–Trinajstić information content (AvgIpc) is 3.36. The van der Waals surface area contributed by atoms with E-state index in [-0.39, 0.29) is 11.9 Å². The number of nitrogens with zero attached hydrogens (tertiary/aromatic N) is 4. The number of fused-ring (bicyclic) bond motifs is 1. The third kappa shape index (κ3) is 3.93. The van der Waals surface area contributed by atoms with Gasteiger partial charge < -0.3 is 10.2 Å². The van der Waals surface area contributed by atoms with Crippen LogP contribution in [0.25, 0.3) is 16.0 Å². The number of carbonyl (C=O) groups excluding carboxylic acids is 1. The van der Waals surface area contributed by atoms with E-state index in [1.165, 1.54) is 5.56 Å². The number of aromatic nitrogens is 3. The molecule has 0 unspecified atom stereocenters. The van der Waals surface area contributed by atoms with Crippen LogP contribution in [0.4, 0.5) is 5.13 Å². The maximum Gasteiger partial charge on any atom is 0.251 e. The fraction of sp³-hybridized carbons (Fsp3) is 0.292. The maximum absolute atomic E-state index is 12.4. The summed E-state index contributed by atoms with van der Waals surface area (Å²) in [6.07, 6.45) is 1.83. The molecule has 1 fully saturated rings. The number of nitrogens with one attached hydrogen (secondary N) is 1. The number of amides is 1. The number of anilines is 1. The minimum Gasteiger partial charge on any atom is -0.349 e. The van der Waals surface area contributed by atoms with Crippen molar-refractivity contribution < 1.29 is 4.79 Å². The zero-order valence-corrected chi connectivity index (χ0v) is 18.5. The van der Waals surface area contributed by atoms with Crippen LogP contribution >= 0.6 is 11.3 Å². The number of carbonyl (C=O) groups is 1. The zero-order valence-electron chi connectivity index (χ0n) is 17.7. The molecule has 0 spiro atoms. The Balaban J connectivity index is 1.29. The number of hydrogen-bond acceptors (Lipinski definition) is 5. The van der Waals surface area contributed by atoms with Crippen LogP contribution in [0.5, 0.6) is 0 Å². The van der Waals surface area contributed by atoms with Crippen LogP contribution in [0.1, 0.15) is 34.5 Å². The number of thiazole rings is 1. The largest absolute Gasteiger partial charge is 0.349 e. The molecule has 2 aromatic heterocycles. The molecule has 31 heavy (non-hydrogen) atoms. The lowest BCUT2D eigenvalue weighted by atomic mass is 10.0. The average molecular weight is 432 g/mol. The van der Waals surface area contributed by atoms with Crippen molar-refractivity contribution in [2.24, 2.45) is 0 Å². The zero-order chi connectivity index (χ0) is 21.4. The van der Waals surface area contributed by atoms with Crippen molar-refractivity contribution in [2.45, 2.75) is 32.7 Å². The molecule has 4 aromatic rings. The minimum absolute atomic E-state index is 0.00727. The fourth-order valence-electron chi connectivity index (χ4n) is 4.00. The van der Waals surface area contributed by atoms with E-state index >= 15 is 0 Å². The van der Waals surface area contributed by atoms with Crippen LogP contribution in [-0.4, -0.2) is 39.8 Å². The second-order valence-corrected chi connectivity index (χ2v) is 9.06. The Morgan fingerprint density at radius 2 is 1.74 bits per heavy atom. The van der Waals surface area contributed by atoms with Gasteiger partial charge in [0.05, 0.1) is 16.1 Å². The van der Waals surface area contributed by atoms with E-state index in [2.05, 4.69) is 41.4 Å². The highest BCUT2D eigenvalue weighted by atomic mass is 32.1. The number of benzene rings is 2. The minimum atomic E-state index is 0.00727. The van der Waals surface area contributed by atoms with Gasteiger partial charge in [0.15, 0.2) is 10.8 Å². The number of hydrogen-bond donors (Lipinski definition) is 1. The first-order valence-electron chi connectivity index (χ1n) is 10.6. The predicted octanol–water partition coefficient (Wildman–Crippen LogP) is 4.50. The van der Waals surface area contributed by atoms with Gasteiger partial charge in [0.2, 0.25) is 0 Å². The van der Waals surface area contributed by atoms with Crippen LogP contribution in [-0.2, 0) is 0 Å². The molecular weight excluding hydrogens is 406 g/mol. The Morgan fingerprint density at radius 3 is 2.45 bits per heavy atom. The maximum atomic E-state index is 12.4. The summed E-state index contributed by atoms with van der Waals surface area (Å²) in [5.41, 5.74) is 4.89. The molecule has 5 rings (SSSR count). The van der Waals surface area contributed by atoms with Gasteiger partial charge in [-0.2, -0.15) is 10.1 Å². The van der Waals surface area contributed by atoms with Crippen molar-refractivity contribution in [3.05, 3.63) is 71.4 Å². The van der Waals surface area contributed by atoms with Crippen molar-refractivity contribution in [3.63, 3.8) is 0 Å². The topological polar surface area (TPSA) is 63.1 Å². The standard InChI is InChI=1S/C24H25N5OS/c1-16-8-10-20(11-9-16)29-22-21(17(2)27-29)31-24(26-22)28-14-12-19(13-15-28)25-23(30)18-6-4-3-5-7-18/h3-11,19H,12-15H2,1-2H3,(H,25,30). The molecule has 0 radical (unpaired) electrons. The highest BCUT2D eigenvalue weighted by Gasteiger charge is 2.24. The Kier molecular flexibility index (Phi) is 5.19. The summed E-state index contributed by atoms with van der Waals surface area (Å²) in [6.45, 7) is 5.89.